The molecule has 0 aromatic rings. The zero-order chi connectivity index (χ0) is 4.24. The Bertz CT molecular complexity index is 118. The van der Waals surface area contributed by atoms with E-state index in [1.54, 1.807) is 0 Å². The molecule has 0 bridgehead atoms. The first-order chi connectivity index (χ1) is 3.00. The largest absolute Gasteiger partial charge is 0.275 e. The van der Waals surface area contributed by atoms with Gasteiger partial charge in [-0.2, -0.15) is 10.1 Å². The highest BCUT2D eigenvalue weighted by Crippen LogP contribution is 1.62. The minimum Gasteiger partial charge on any atom is -0.275 e. The minimum atomic E-state index is 1.39. The highest BCUT2D eigenvalue weighted by Gasteiger charge is 1.66. The maximum absolute atomic E-state index is 3.52. The lowest BCUT2D eigenvalue weighted by molar-refractivity contribution is 0.975. The van der Waals surface area contributed by atoms with Crippen LogP contribution >= 0.6 is 0 Å². The number of nitrogens with zero attached hydrogens (tertiary/aromatic N) is 2. The van der Waals surface area contributed by atoms with Gasteiger partial charge in [0.2, 0.25) is 0 Å². The molecule has 0 atom stereocenters. The molecule has 1 aliphatic heterocycles. The quantitative estimate of drug-likeness (QED) is 0.427. The second-order valence-corrected chi connectivity index (χ2v) is 0.776. The Kier molecular flexibility index (Phi) is 0.719. The van der Waals surface area contributed by atoms with E-state index in [4.69, 9.17) is 0 Å². The lowest BCUT2D eigenvalue weighted by Crippen LogP contribution is -1.95. The number of aliphatic imine (C=N–C) groups is 1. The predicted octanol–water partition coefficient (Wildman–Crippen LogP) is -0.284. The van der Waals surface area contributed by atoms with Gasteiger partial charge >= 0.3 is 0 Å². The van der Waals surface area contributed by atoms with Crippen LogP contribution in [-0.2, 0) is 0 Å². The molecule has 3 heteroatoms. The van der Waals surface area contributed by atoms with Crippen LogP contribution < -0.4 is 5.43 Å². The number of hydrogen-bond acceptors (Lipinski definition) is 3. The molecule has 0 spiro atoms. The SMILES string of the molecule is C1=CNN=CN=1. The summed E-state index contributed by atoms with van der Waals surface area (Å²) in [5.74, 6) is 2.52. The third kappa shape index (κ3) is 0.445. The molecule has 1 heterocycles. The van der Waals surface area contributed by atoms with E-state index in [9.17, 15) is 0 Å². The summed E-state index contributed by atoms with van der Waals surface area (Å²) in [6.07, 6.45) is 2.92. The summed E-state index contributed by atoms with van der Waals surface area (Å²) in [5, 5.41) is 3.52. The van der Waals surface area contributed by atoms with E-state index >= 15 is 0 Å². The van der Waals surface area contributed by atoms with Crippen molar-refractivity contribution in [3.63, 3.8) is 0 Å². The van der Waals surface area contributed by atoms with Crippen LogP contribution in [0.4, 0.5) is 0 Å². The molecular weight excluding hydrogens is 78.1 g/mol. The molecule has 3 nitrogen and oxygen atoms in total. The van der Waals surface area contributed by atoms with Crippen LogP contribution in [0.15, 0.2) is 16.3 Å². The van der Waals surface area contributed by atoms with Gasteiger partial charge in [0, 0.05) is 5.87 Å². The van der Waals surface area contributed by atoms with E-state index in [1.807, 2.05) is 0 Å². The normalized spacial score (nSPS) is 14.7. The zero-order valence-corrected chi connectivity index (χ0v) is 3.05. The van der Waals surface area contributed by atoms with Gasteiger partial charge in [-0.15, -0.1) is 0 Å². The van der Waals surface area contributed by atoms with Crippen molar-refractivity contribution in [1.82, 2.24) is 5.43 Å². The van der Waals surface area contributed by atoms with Gasteiger partial charge in [-0.25, -0.2) is 0 Å². The number of rotatable bonds is 0. The Labute approximate surface area is 35.1 Å². The molecule has 0 amide bonds. The molecule has 0 fully saturated rings. The van der Waals surface area contributed by atoms with Crippen molar-refractivity contribution in [2.24, 2.45) is 10.1 Å². The molecular formula is C3H3N3. The molecule has 0 saturated heterocycles. The topological polar surface area (TPSA) is 36.8 Å². The van der Waals surface area contributed by atoms with Gasteiger partial charge in [0.05, 0.1) is 6.20 Å². The fraction of sp³-hybridized carbons (Fsp3) is 0. The van der Waals surface area contributed by atoms with E-state index < -0.39 is 0 Å². The molecule has 0 aromatic heterocycles. The Hall–Kier alpha value is -1.08. The second-order valence-electron chi connectivity index (χ2n) is 0.776. The predicted molar refractivity (Wildman–Crippen MR) is 23.6 cm³/mol. The molecule has 0 aliphatic carbocycles. The second kappa shape index (κ2) is 1.38. The van der Waals surface area contributed by atoms with Crippen molar-refractivity contribution in [2.75, 3.05) is 0 Å². The zero-order valence-electron chi connectivity index (χ0n) is 3.05. The summed E-state index contributed by atoms with van der Waals surface area (Å²) in [5.41, 5.74) is 2.52. The van der Waals surface area contributed by atoms with Crippen LogP contribution in [0.1, 0.15) is 0 Å². The number of hydrogen-bond donors (Lipinski definition) is 1. The molecule has 1 rings (SSSR count). The highest BCUT2D eigenvalue weighted by atomic mass is 15.3. The van der Waals surface area contributed by atoms with Crippen LogP contribution in [-0.4, -0.2) is 12.2 Å². The Morgan fingerprint density at radius 2 is 2.67 bits per heavy atom. The van der Waals surface area contributed by atoms with Crippen molar-refractivity contribution in [2.45, 2.75) is 0 Å². The van der Waals surface area contributed by atoms with Crippen LogP contribution in [0.2, 0.25) is 0 Å². The number of nitrogens with one attached hydrogen (secondary N) is 1. The van der Waals surface area contributed by atoms with Crippen LogP contribution in [0.25, 0.3) is 0 Å². The van der Waals surface area contributed by atoms with E-state index in [-0.39, 0.29) is 0 Å². The minimum absolute atomic E-state index is 1.39. The summed E-state index contributed by atoms with van der Waals surface area (Å²) in [6.45, 7) is 0. The van der Waals surface area contributed by atoms with Crippen LogP contribution in [0.3, 0.4) is 0 Å². The summed E-state index contributed by atoms with van der Waals surface area (Å²) in [6, 6.07) is 0. The first kappa shape index (κ1) is 3.12. The monoisotopic (exact) mass is 81.0 g/mol. The molecule has 0 aromatic carbocycles. The Balaban J connectivity index is 2.78. The fourth-order valence-corrected chi connectivity index (χ4v) is 0.199. The van der Waals surface area contributed by atoms with Gasteiger partial charge in [0.25, 0.3) is 0 Å². The van der Waals surface area contributed by atoms with Crippen molar-refractivity contribution in [1.29, 1.82) is 0 Å². The maximum Gasteiger partial charge on any atom is 0.145 e. The van der Waals surface area contributed by atoms with Gasteiger partial charge in [0.1, 0.15) is 6.34 Å². The standard InChI is InChI=1S/C3H3N3/c1-2-5-6-3-4-1/h2-3,5H. The maximum atomic E-state index is 3.52. The Morgan fingerprint density at radius 1 is 1.67 bits per heavy atom. The fourth-order valence-electron chi connectivity index (χ4n) is 0.199. The van der Waals surface area contributed by atoms with E-state index in [1.165, 1.54) is 12.5 Å². The van der Waals surface area contributed by atoms with E-state index in [0.29, 0.717) is 0 Å². The molecule has 6 heavy (non-hydrogen) atoms. The first-order valence-electron chi connectivity index (χ1n) is 1.54. The Morgan fingerprint density at radius 3 is 2.83 bits per heavy atom. The highest BCUT2D eigenvalue weighted by molar-refractivity contribution is 5.70. The molecule has 0 unspecified atom stereocenters. The summed E-state index contributed by atoms with van der Waals surface area (Å²) >= 11 is 0. The van der Waals surface area contributed by atoms with Crippen molar-refractivity contribution >= 4 is 12.2 Å². The van der Waals surface area contributed by atoms with E-state index in [2.05, 4.69) is 21.4 Å². The molecule has 1 aliphatic rings. The molecule has 0 saturated carbocycles. The summed E-state index contributed by atoms with van der Waals surface area (Å²) in [7, 11) is 0. The third-order valence-corrected chi connectivity index (χ3v) is 0.394. The number of hydrazone groups is 1. The van der Waals surface area contributed by atoms with Gasteiger partial charge < -0.3 is 0 Å². The lowest BCUT2D eigenvalue weighted by Gasteiger charge is -1.83. The van der Waals surface area contributed by atoms with Gasteiger partial charge in [-0.3, -0.25) is 5.43 Å². The summed E-state index contributed by atoms with van der Waals surface area (Å²) < 4.78 is 0. The average Bonchev–Trinajstić information content (AvgIpc) is 1.72. The molecule has 1 N–H and O–H groups in total. The van der Waals surface area contributed by atoms with Crippen molar-refractivity contribution in [3.05, 3.63) is 6.20 Å². The average molecular weight is 81.1 g/mol. The first-order valence-corrected chi connectivity index (χ1v) is 1.54. The van der Waals surface area contributed by atoms with Crippen molar-refractivity contribution < 1.29 is 0 Å². The smallest absolute Gasteiger partial charge is 0.145 e. The molecule has 30 valence electrons. The summed E-state index contributed by atoms with van der Waals surface area (Å²) in [4.78, 5) is 3.52. The van der Waals surface area contributed by atoms with Gasteiger partial charge in [-0.05, 0) is 0 Å². The van der Waals surface area contributed by atoms with Gasteiger partial charge in [0.15, 0.2) is 0 Å². The lowest BCUT2D eigenvalue weighted by atomic mass is 10.9. The third-order valence-electron chi connectivity index (χ3n) is 0.394. The van der Waals surface area contributed by atoms with Crippen molar-refractivity contribution in [3.8, 4) is 0 Å². The van der Waals surface area contributed by atoms with Crippen LogP contribution in [0.5, 0.6) is 0 Å². The van der Waals surface area contributed by atoms with E-state index in [0.717, 1.165) is 0 Å². The molecule has 0 radical (unpaired) electrons. The van der Waals surface area contributed by atoms with Gasteiger partial charge in [-0.1, -0.05) is 0 Å². The van der Waals surface area contributed by atoms with Crippen LogP contribution in [0, 0.1) is 0 Å².